The summed E-state index contributed by atoms with van der Waals surface area (Å²) in [6.45, 7) is 10.8. The lowest BCUT2D eigenvalue weighted by Crippen LogP contribution is -2.38. The van der Waals surface area contributed by atoms with E-state index in [1.807, 2.05) is 81.1 Å². The first kappa shape index (κ1) is 22.7. The van der Waals surface area contributed by atoms with Crippen LogP contribution in [0.3, 0.4) is 0 Å². The Morgan fingerprint density at radius 3 is 2.29 bits per heavy atom. The Morgan fingerprint density at radius 2 is 1.71 bits per heavy atom. The molecule has 1 unspecified atom stereocenters. The fourth-order valence-electron chi connectivity index (χ4n) is 4.08. The third-order valence-corrected chi connectivity index (χ3v) is 5.71. The number of hydrogen-bond acceptors (Lipinski definition) is 3. The minimum Gasteiger partial charge on any atom is -0.333 e. The molecule has 1 aromatic heterocycles. The van der Waals surface area contributed by atoms with Gasteiger partial charge in [0.2, 0.25) is 5.91 Å². The Kier molecular flexibility index (Phi) is 7.26. The summed E-state index contributed by atoms with van der Waals surface area (Å²) in [5.41, 5.74) is 2.55. The lowest BCUT2D eigenvalue weighted by Gasteiger charge is -2.32. The predicted molar refractivity (Wildman–Crippen MR) is 127 cm³/mol. The summed E-state index contributed by atoms with van der Waals surface area (Å²) in [4.78, 5) is 33.4. The number of nitrogens with zero attached hydrogens (tertiary/aromatic N) is 3. The van der Waals surface area contributed by atoms with Crippen molar-refractivity contribution < 1.29 is 4.79 Å². The highest BCUT2D eigenvalue weighted by Crippen LogP contribution is 2.27. The van der Waals surface area contributed by atoms with Gasteiger partial charge in [0.15, 0.2) is 0 Å². The van der Waals surface area contributed by atoms with E-state index in [0.29, 0.717) is 36.1 Å². The van der Waals surface area contributed by atoms with E-state index < -0.39 is 0 Å². The van der Waals surface area contributed by atoms with Crippen molar-refractivity contribution in [3.63, 3.8) is 0 Å². The standard InChI is InChI=1S/C26H33N3O2/c1-6-19-13-15-20(16-14-19)29-25(27-22-12-10-9-11-21(22)26(29)31)23(7-2)28(8-3)24(30)17-18(4)5/h9-16,18,23H,6-8,17H2,1-5H3. The van der Waals surface area contributed by atoms with Crippen LogP contribution in [-0.4, -0.2) is 26.9 Å². The fourth-order valence-corrected chi connectivity index (χ4v) is 4.08. The van der Waals surface area contributed by atoms with Crippen molar-refractivity contribution in [2.75, 3.05) is 6.54 Å². The summed E-state index contributed by atoms with van der Waals surface area (Å²) in [6.07, 6.45) is 2.09. The Labute approximate surface area is 184 Å². The first-order chi connectivity index (χ1) is 14.9. The molecule has 0 aliphatic rings. The van der Waals surface area contributed by atoms with Gasteiger partial charge in [-0.1, -0.05) is 52.0 Å². The molecule has 31 heavy (non-hydrogen) atoms. The van der Waals surface area contributed by atoms with E-state index >= 15 is 0 Å². The maximum Gasteiger partial charge on any atom is 0.266 e. The molecule has 0 aliphatic heterocycles. The van der Waals surface area contributed by atoms with Crippen molar-refractivity contribution >= 4 is 16.8 Å². The number of hydrogen-bond donors (Lipinski definition) is 0. The molecule has 0 fully saturated rings. The van der Waals surface area contributed by atoms with Crippen molar-refractivity contribution in [2.24, 2.45) is 5.92 Å². The van der Waals surface area contributed by atoms with Gasteiger partial charge in [-0.3, -0.25) is 14.2 Å². The highest BCUT2D eigenvalue weighted by atomic mass is 16.2. The maximum absolute atomic E-state index is 13.6. The molecule has 0 bridgehead atoms. The summed E-state index contributed by atoms with van der Waals surface area (Å²) in [5.74, 6) is 0.987. The molecule has 3 rings (SSSR count). The van der Waals surface area contributed by atoms with Crippen molar-refractivity contribution in [3.8, 4) is 5.69 Å². The zero-order valence-corrected chi connectivity index (χ0v) is 19.3. The molecule has 0 radical (unpaired) electrons. The molecule has 0 N–H and O–H groups in total. The molecule has 1 atom stereocenters. The summed E-state index contributed by atoms with van der Waals surface area (Å²) >= 11 is 0. The molecule has 5 heteroatoms. The molecule has 0 spiro atoms. The van der Waals surface area contributed by atoms with Crippen LogP contribution in [0.15, 0.2) is 53.3 Å². The van der Waals surface area contributed by atoms with E-state index in [4.69, 9.17) is 4.98 Å². The van der Waals surface area contributed by atoms with Crippen LogP contribution >= 0.6 is 0 Å². The van der Waals surface area contributed by atoms with E-state index in [0.717, 1.165) is 12.1 Å². The summed E-state index contributed by atoms with van der Waals surface area (Å²) in [7, 11) is 0. The number of fused-ring (bicyclic) bond motifs is 1. The predicted octanol–water partition coefficient (Wildman–Crippen LogP) is 5.29. The van der Waals surface area contributed by atoms with Crippen LogP contribution in [0.2, 0.25) is 0 Å². The molecule has 0 saturated carbocycles. The topological polar surface area (TPSA) is 55.2 Å². The smallest absolute Gasteiger partial charge is 0.266 e. The number of amides is 1. The van der Waals surface area contributed by atoms with E-state index in [1.165, 1.54) is 5.56 Å². The van der Waals surface area contributed by atoms with Gasteiger partial charge in [-0.15, -0.1) is 0 Å². The normalized spacial score (nSPS) is 12.3. The fraction of sp³-hybridized carbons (Fsp3) is 0.423. The Hall–Kier alpha value is -2.95. The van der Waals surface area contributed by atoms with E-state index in [9.17, 15) is 9.59 Å². The third-order valence-electron chi connectivity index (χ3n) is 5.71. The van der Waals surface area contributed by atoms with E-state index in [2.05, 4.69) is 6.92 Å². The van der Waals surface area contributed by atoms with Gasteiger partial charge in [0.25, 0.3) is 5.56 Å². The number of benzene rings is 2. The number of aromatic nitrogens is 2. The molecule has 1 heterocycles. The number of carbonyl (C=O) groups is 1. The van der Waals surface area contributed by atoms with Crippen LogP contribution < -0.4 is 5.56 Å². The number of para-hydroxylation sites is 1. The van der Waals surface area contributed by atoms with Gasteiger partial charge in [0.05, 0.1) is 22.6 Å². The second-order valence-corrected chi connectivity index (χ2v) is 8.35. The quantitative estimate of drug-likeness (QED) is 0.498. The van der Waals surface area contributed by atoms with Gasteiger partial charge in [-0.25, -0.2) is 4.98 Å². The minimum absolute atomic E-state index is 0.0969. The number of rotatable bonds is 8. The highest BCUT2D eigenvalue weighted by molar-refractivity contribution is 5.79. The van der Waals surface area contributed by atoms with E-state index in [-0.39, 0.29) is 23.4 Å². The van der Waals surface area contributed by atoms with Gasteiger partial charge >= 0.3 is 0 Å². The molecular weight excluding hydrogens is 386 g/mol. The number of aryl methyl sites for hydroxylation is 1. The van der Waals surface area contributed by atoms with Crippen LogP contribution in [-0.2, 0) is 11.2 Å². The number of carbonyl (C=O) groups excluding carboxylic acids is 1. The monoisotopic (exact) mass is 419 g/mol. The SMILES string of the molecule is CCc1ccc(-n2c(C(CC)N(CC)C(=O)CC(C)C)nc3ccccc3c2=O)cc1. The zero-order chi connectivity index (χ0) is 22.5. The molecule has 0 saturated heterocycles. The van der Waals surface area contributed by atoms with Crippen LogP contribution in [0.1, 0.15) is 64.9 Å². The summed E-state index contributed by atoms with van der Waals surface area (Å²) in [6, 6.07) is 15.2. The molecule has 5 nitrogen and oxygen atoms in total. The van der Waals surface area contributed by atoms with Crippen molar-refractivity contribution in [1.82, 2.24) is 14.5 Å². The molecular formula is C26H33N3O2. The lowest BCUT2D eigenvalue weighted by atomic mass is 10.1. The molecule has 2 aromatic carbocycles. The van der Waals surface area contributed by atoms with Gasteiger partial charge in [0, 0.05) is 13.0 Å². The zero-order valence-electron chi connectivity index (χ0n) is 19.3. The average Bonchev–Trinajstić information content (AvgIpc) is 2.77. The van der Waals surface area contributed by atoms with E-state index in [1.54, 1.807) is 4.57 Å². The van der Waals surface area contributed by atoms with Crippen LogP contribution in [0, 0.1) is 5.92 Å². The maximum atomic E-state index is 13.6. The Morgan fingerprint density at radius 1 is 1.03 bits per heavy atom. The van der Waals surface area contributed by atoms with Crippen molar-refractivity contribution in [1.29, 1.82) is 0 Å². The average molecular weight is 420 g/mol. The van der Waals surface area contributed by atoms with Gasteiger partial charge in [-0.05, 0) is 55.5 Å². The van der Waals surface area contributed by atoms with Crippen LogP contribution in [0.4, 0.5) is 0 Å². The van der Waals surface area contributed by atoms with Crippen molar-refractivity contribution in [2.45, 2.75) is 59.9 Å². The van der Waals surface area contributed by atoms with Crippen LogP contribution in [0.25, 0.3) is 16.6 Å². The third kappa shape index (κ3) is 4.71. The second kappa shape index (κ2) is 9.90. The van der Waals surface area contributed by atoms with Gasteiger partial charge in [0.1, 0.15) is 5.82 Å². The largest absolute Gasteiger partial charge is 0.333 e. The van der Waals surface area contributed by atoms with Crippen molar-refractivity contribution in [3.05, 3.63) is 70.3 Å². The summed E-state index contributed by atoms with van der Waals surface area (Å²) in [5, 5.41) is 0.581. The highest BCUT2D eigenvalue weighted by Gasteiger charge is 2.28. The first-order valence-corrected chi connectivity index (χ1v) is 11.3. The van der Waals surface area contributed by atoms with Crippen LogP contribution in [0.5, 0.6) is 0 Å². The molecule has 0 aliphatic carbocycles. The molecule has 164 valence electrons. The Balaban J connectivity index is 2.25. The first-order valence-electron chi connectivity index (χ1n) is 11.3. The lowest BCUT2D eigenvalue weighted by molar-refractivity contribution is -0.134. The second-order valence-electron chi connectivity index (χ2n) is 8.35. The van der Waals surface area contributed by atoms with Gasteiger partial charge in [-0.2, -0.15) is 0 Å². The molecule has 3 aromatic rings. The molecule has 1 amide bonds. The summed E-state index contributed by atoms with van der Waals surface area (Å²) < 4.78 is 1.70. The minimum atomic E-state index is -0.278. The Bertz CT molecular complexity index is 1100. The van der Waals surface area contributed by atoms with Gasteiger partial charge < -0.3 is 4.90 Å².